The van der Waals surface area contributed by atoms with Gasteiger partial charge in [0, 0.05) is 17.3 Å². The van der Waals surface area contributed by atoms with Gasteiger partial charge in [-0.2, -0.15) is 0 Å². The zero-order chi connectivity index (χ0) is 23.5. The van der Waals surface area contributed by atoms with Crippen LogP contribution >= 0.6 is 0 Å². The molecule has 0 fully saturated rings. The molecule has 3 aromatic carbocycles. The average molecular weight is 430 g/mol. The van der Waals surface area contributed by atoms with Crippen molar-refractivity contribution < 1.29 is 10.2 Å². The summed E-state index contributed by atoms with van der Waals surface area (Å²) in [7, 11) is 0. The molecule has 3 heteroatoms. The van der Waals surface area contributed by atoms with Crippen molar-refractivity contribution in [3.63, 3.8) is 0 Å². The molecule has 168 valence electrons. The third kappa shape index (κ3) is 5.46. The number of phenolic OH excluding ortho intramolecular Hbond substituents is 1. The number of aliphatic imine (C=N–C) groups is 1. The number of benzene rings is 3. The van der Waals surface area contributed by atoms with E-state index in [4.69, 9.17) is 4.99 Å². The van der Waals surface area contributed by atoms with Crippen molar-refractivity contribution in [1.82, 2.24) is 0 Å². The van der Waals surface area contributed by atoms with E-state index in [1.807, 2.05) is 66.7 Å². The van der Waals surface area contributed by atoms with Crippen LogP contribution < -0.4 is 0 Å². The van der Waals surface area contributed by atoms with Crippen LogP contribution in [0.15, 0.2) is 77.8 Å². The fraction of sp³-hybridized carbons (Fsp3) is 0.345. The SMILES string of the molecule is CC(C)(C)c1cc(C=N[C@@H](c2ccccc2)[C@@H](O)c2ccccc2)c(O)c(C(C)(C)C)c1. The molecule has 0 radical (unpaired) electrons. The largest absolute Gasteiger partial charge is 0.507 e. The molecule has 0 heterocycles. The molecule has 0 saturated carbocycles. The minimum Gasteiger partial charge on any atom is -0.507 e. The van der Waals surface area contributed by atoms with Crippen LogP contribution in [0, 0.1) is 0 Å². The molecule has 2 N–H and O–H groups in total. The number of phenols is 1. The minimum atomic E-state index is -0.801. The Morgan fingerprint density at radius 1 is 0.750 bits per heavy atom. The van der Waals surface area contributed by atoms with E-state index in [2.05, 4.69) is 47.6 Å². The van der Waals surface area contributed by atoms with Gasteiger partial charge in [-0.3, -0.25) is 4.99 Å². The zero-order valence-corrected chi connectivity index (χ0v) is 20.0. The maximum atomic E-state index is 11.2. The van der Waals surface area contributed by atoms with Crippen molar-refractivity contribution in [2.75, 3.05) is 0 Å². The Morgan fingerprint density at radius 3 is 1.78 bits per heavy atom. The third-order valence-corrected chi connectivity index (χ3v) is 5.77. The highest BCUT2D eigenvalue weighted by Crippen LogP contribution is 2.38. The lowest BCUT2D eigenvalue weighted by Gasteiger charge is -2.27. The highest BCUT2D eigenvalue weighted by atomic mass is 16.3. The first-order valence-electron chi connectivity index (χ1n) is 11.2. The maximum absolute atomic E-state index is 11.2. The first kappa shape index (κ1) is 23.7. The van der Waals surface area contributed by atoms with Crippen LogP contribution in [0.1, 0.15) is 81.5 Å². The molecule has 0 aromatic heterocycles. The van der Waals surface area contributed by atoms with Crippen molar-refractivity contribution in [1.29, 1.82) is 0 Å². The fourth-order valence-corrected chi connectivity index (χ4v) is 3.75. The van der Waals surface area contributed by atoms with Gasteiger partial charge in [0.05, 0.1) is 0 Å². The van der Waals surface area contributed by atoms with Crippen LogP contribution in [-0.2, 0) is 10.8 Å². The maximum Gasteiger partial charge on any atom is 0.128 e. The molecule has 0 aliphatic rings. The molecule has 3 aromatic rings. The van der Waals surface area contributed by atoms with Gasteiger partial charge in [0.15, 0.2) is 0 Å². The standard InChI is InChI=1S/C29H35NO2/c1-28(2,3)23-17-22(26(31)24(18-23)29(4,5)6)19-30-25(20-13-9-7-10-14-20)27(32)21-15-11-8-12-16-21/h7-19,25,27,31-32H,1-6H3/t25-,27-/m0/s1. The molecule has 0 saturated heterocycles. The molecular weight excluding hydrogens is 394 g/mol. The number of aliphatic hydroxyl groups is 1. The molecule has 2 atom stereocenters. The van der Waals surface area contributed by atoms with Crippen LogP contribution in [0.2, 0.25) is 0 Å². The molecular formula is C29H35NO2. The fourth-order valence-electron chi connectivity index (χ4n) is 3.75. The van der Waals surface area contributed by atoms with Crippen molar-refractivity contribution in [3.8, 4) is 5.75 Å². The van der Waals surface area contributed by atoms with Crippen molar-refractivity contribution in [3.05, 3.63) is 101 Å². The van der Waals surface area contributed by atoms with E-state index in [9.17, 15) is 10.2 Å². The van der Waals surface area contributed by atoms with E-state index in [1.54, 1.807) is 6.21 Å². The molecule has 0 amide bonds. The molecule has 0 unspecified atom stereocenters. The summed E-state index contributed by atoms with van der Waals surface area (Å²) in [6.07, 6.45) is 0.911. The molecule has 0 aliphatic carbocycles. The summed E-state index contributed by atoms with van der Waals surface area (Å²) < 4.78 is 0. The Morgan fingerprint density at radius 2 is 1.28 bits per heavy atom. The first-order chi connectivity index (χ1) is 15.0. The van der Waals surface area contributed by atoms with Gasteiger partial charge >= 0.3 is 0 Å². The number of rotatable bonds is 5. The predicted molar refractivity (Wildman–Crippen MR) is 134 cm³/mol. The number of aliphatic hydroxyl groups excluding tert-OH is 1. The molecule has 0 bridgehead atoms. The second-order valence-corrected chi connectivity index (χ2v) is 10.5. The Hall–Kier alpha value is -2.91. The lowest BCUT2D eigenvalue weighted by molar-refractivity contribution is 0.148. The summed E-state index contributed by atoms with van der Waals surface area (Å²) in [4.78, 5) is 4.81. The lowest BCUT2D eigenvalue weighted by Crippen LogP contribution is -2.17. The quantitative estimate of drug-likeness (QED) is 0.434. The molecule has 3 nitrogen and oxygen atoms in total. The van der Waals surface area contributed by atoms with Crippen LogP contribution in [-0.4, -0.2) is 16.4 Å². The van der Waals surface area contributed by atoms with Gasteiger partial charge in [0.25, 0.3) is 0 Å². The van der Waals surface area contributed by atoms with Gasteiger partial charge in [-0.15, -0.1) is 0 Å². The number of nitrogens with zero attached hydrogens (tertiary/aromatic N) is 1. The summed E-state index contributed by atoms with van der Waals surface area (Å²) in [5.41, 5.74) is 4.15. The average Bonchev–Trinajstić information content (AvgIpc) is 2.74. The zero-order valence-electron chi connectivity index (χ0n) is 20.0. The second-order valence-electron chi connectivity index (χ2n) is 10.5. The van der Waals surface area contributed by atoms with E-state index in [-0.39, 0.29) is 16.6 Å². The van der Waals surface area contributed by atoms with Crippen LogP contribution in [0.25, 0.3) is 0 Å². The van der Waals surface area contributed by atoms with Gasteiger partial charge in [-0.05, 0) is 33.6 Å². The Labute approximate surface area is 192 Å². The Balaban J connectivity index is 2.10. The first-order valence-corrected chi connectivity index (χ1v) is 11.2. The molecule has 0 spiro atoms. The monoisotopic (exact) mass is 429 g/mol. The summed E-state index contributed by atoms with van der Waals surface area (Å²) in [6.45, 7) is 12.8. The van der Waals surface area contributed by atoms with E-state index in [0.717, 1.165) is 22.3 Å². The van der Waals surface area contributed by atoms with Crippen LogP contribution in [0.5, 0.6) is 5.75 Å². The molecule has 0 aliphatic heterocycles. The van der Waals surface area contributed by atoms with E-state index >= 15 is 0 Å². The van der Waals surface area contributed by atoms with Crippen LogP contribution in [0.4, 0.5) is 0 Å². The minimum absolute atomic E-state index is 0.0708. The normalized spacial score (nSPS) is 14.5. The molecule has 3 rings (SSSR count). The summed E-state index contributed by atoms with van der Waals surface area (Å²) in [5.74, 6) is 0.246. The van der Waals surface area contributed by atoms with Crippen molar-refractivity contribution in [2.45, 2.75) is 64.5 Å². The highest BCUT2D eigenvalue weighted by molar-refractivity contribution is 5.85. The lowest BCUT2D eigenvalue weighted by atomic mass is 9.79. The van der Waals surface area contributed by atoms with Gasteiger partial charge in [-0.25, -0.2) is 0 Å². The summed E-state index contributed by atoms with van der Waals surface area (Å²) in [5, 5.41) is 22.3. The third-order valence-electron chi connectivity index (χ3n) is 5.77. The predicted octanol–water partition coefficient (Wildman–Crippen LogP) is 6.88. The second kappa shape index (κ2) is 9.30. The molecule has 32 heavy (non-hydrogen) atoms. The van der Waals surface area contributed by atoms with Gasteiger partial charge in [0.1, 0.15) is 17.9 Å². The van der Waals surface area contributed by atoms with Crippen molar-refractivity contribution in [2.24, 2.45) is 4.99 Å². The topological polar surface area (TPSA) is 52.8 Å². The Kier molecular flexibility index (Phi) is 6.90. The van der Waals surface area contributed by atoms with E-state index in [1.165, 1.54) is 0 Å². The van der Waals surface area contributed by atoms with Gasteiger partial charge < -0.3 is 10.2 Å². The van der Waals surface area contributed by atoms with E-state index in [0.29, 0.717) is 5.56 Å². The van der Waals surface area contributed by atoms with E-state index < -0.39 is 12.1 Å². The summed E-state index contributed by atoms with van der Waals surface area (Å²) in [6, 6.07) is 23.0. The Bertz CT molecular complexity index is 1060. The summed E-state index contributed by atoms with van der Waals surface area (Å²) >= 11 is 0. The number of hydrogen-bond donors (Lipinski definition) is 2. The van der Waals surface area contributed by atoms with Gasteiger partial charge in [-0.1, -0.05) is 108 Å². The number of aromatic hydroxyl groups is 1. The van der Waals surface area contributed by atoms with Crippen molar-refractivity contribution >= 4 is 6.21 Å². The van der Waals surface area contributed by atoms with Gasteiger partial charge in [0.2, 0.25) is 0 Å². The smallest absolute Gasteiger partial charge is 0.128 e. The highest BCUT2D eigenvalue weighted by Gasteiger charge is 2.25. The number of hydrogen-bond acceptors (Lipinski definition) is 3. The van der Waals surface area contributed by atoms with Crippen LogP contribution in [0.3, 0.4) is 0 Å².